The molecule has 0 aromatic carbocycles. The highest BCUT2D eigenvalue weighted by Crippen LogP contribution is 2.21. The average Bonchev–Trinajstić information content (AvgIpc) is 2.33. The Morgan fingerprint density at radius 3 is 2.36 bits per heavy atom. The molecule has 0 aliphatic heterocycles. The van der Waals surface area contributed by atoms with Gasteiger partial charge in [0.15, 0.2) is 0 Å². The van der Waals surface area contributed by atoms with Crippen molar-refractivity contribution < 1.29 is 4.42 Å². The Hall–Kier alpha value is -0.500. The third kappa shape index (κ3) is 1.96. The zero-order valence-electron chi connectivity index (χ0n) is 6.97. The minimum absolute atomic E-state index is 0.137. The van der Waals surface area contributed by atoms with E-state index in [1.807, 2.05) is 6.92 Å². The molecule has 1 aromatic heterocycles. The minimum Gasteiger partial charge on any atom is -0.447 e. The van der Waals surface area contributed by atoms with Crippen molar-refractivity contribution in [3.8, 4) is 0 Å². The summed E-state index contributed by atoms with van der Waals surface area (Å²) >= 11 is 5.76. The molecular formula is C8H12ClNO. The maximum atomic E-state index is 5.76. The molecule has 0 amide bonds. The van der Waals surface area contributed by atoms with Crippen molar-refractivity contribution in [3.05, 3.63) is 17.8 Å². The molecule has 1 rings (SSSR count). The zero-order chi connectivity index (χ0) is 8.43. The lowest BCUT2D eigenvalue weighted by atomic mass is 10.2. The summed E-state index contributed by atoms with van der Waals surface area (Å²) < 4.78 is 5.14. The van der Waals surface area contributed by atoms with E-state index in [0.29, 0.717) is 11.8 Å². The first-order valence-corrected chi connectivity index (χ1v) is 4.14. The molecule has 0 spiro atoms. The molecule has 0 bridgehead atoms. The Morgan fingerprint density at radius 2 is 2.09 bits per heavy atom. The molecule has 0 saturated heterocycles. The molecule has 0 N–H and O–H groups in total. The lowest BCUT2D eigenvalue weighted by molar-refractivity contribution is 0.495. The molecule has 1 heterocycles. The molecule has 0 aliphatic carbocycles. The maximum Gasteiger partial charge on any atom is 0.211 e. The summed E-state index contributed by atoms with van der Waals surface area (Å²) in [4.78, 5) is 4.21. The van der Waals surface area contributed by atoms with Crippen LogP contribution < -0.4 is 0 Å². The van der Waals surface area contributed by atoms with Gasteiger partial charge in [0.05, 0.1) is 5.69 Å². The molecule has 11 heavy (non-hydrogen) atoms. The second-order valence-corrected chi connectivity index (χ2v) is 3.54. The first-order chi connectivity index (χ1) is 5.11. The van der Waals surface area contributed by atoms with Gasteiger partial charge in [-0.1, -0.05) is 13.8 Å². The highest BCUT2D eigenvalue weighted by molar-refractivity contribution is 6.20. The van der Waals surface area contributed by atoms with E-state index in [1.54, 1.807) is 6.26 Å². The SMILES string of the molecule is CC(C)c1coc([C@@H](C)Cl)n1. The largest absolute Gasteiger partial charge is 0.447 e. The Bertz CT molecular complexity index is 207. The van der Waals surface area contributed by atoms with Gasteiger partial charge in [-0.2, -0.15) is 0 Å². The summed E-state index contributed by atoms with van der Waals surface area (Å²) in [5, 5.41) is -0.137. The molecule has 0 radical (unpaired) electrons. The van der Waals surface area contributed by atoms with Gasteiger partial charge in [-0.05, 0) is 12.8 Å². The smallest absolute Gasteiger partial charge is 0.211 e. The zero-order valence-corrected chi connectivity index (χ0v) is 7.72. The molecule has 62 valence electrons. The van der Waals surface area contributed by atoms with Crippen LogP contribution in [0.2, 0.25) is 0 Å². The molecule has 0 fully saturated rings. The monoisotopic (exact) mass is 173 g/mol. The van der Waals surface area contributed by atoms with E-state index in [2.05, 4.69) is 18.8 Å². The highest BCUT2D eigenvalue weighted by Gasteiger charge is 2.10. The number of alkyl halides is 1. The van der Waals surface area contributed by atoms with Crippen LogP contribution in [-0.2, 0) is 0 Å². The van der Waals surface area contributed by atoms with Crippen molar-refractivity contribution in [2.24, 2.45) is 0 Å². The lowest BCUT2D eigenvalue weighted by Gasteiger charge is -1.95. The van der Waals surface area contributed by atoms with E-state index in [9.17, 15) is 0 Å². The topological polar surface area (TPSA) is 26.0 Å². The summed E-state index contributed by atoms with van der Waals surface area (Å²) in [5.41, 5.74) is 0.965. The van der Waals surface area contributed by atoms with E-state index in [0.717, 1.165) is 5.69 Å². The number of hydrogen-bond donors (Lipinski definition) is 0. The van der Waals surface area contributed by atoms with Crippen LogP contribution in [0.15, 0.2) is 10.7 Å². The minimum atomic E-state index is -0.137. The predicted octanol–water partition coefficient (Wildman–Crippen LogP) is 3.10. The quantitative estimate of drug-likeness (QED) is 0.643. The summed E-state index contributed by atoms with van der Waals surface area (Å²) in [5.74, 6) is 1.01. The van der Waals surface area contributed by atoms with Gasteiger partial charge in [-0.3, -0.25) is 0 Å². The fourth-order valence-electron chi connectivity index (χ4n) is 0.749. The third-order valence-corrected chi connectivity index (χ3v) is 1.66. The molecule has 2 nitrogen and oxygen atoms in total. The van der Waals surface area contributed by atoms with Crippen LogP contribution in [0, 0.1) is 0 Å². The van der Waals surface area contributed by atoms with E-state index in [4.69, 9.17) is 16.0 Å². The molecule has 0 unspecified atom stereocenters. The van der Waals surface area contributed by atoms with Crippen molar-refractivity contribution >= 4 is 11.6 Å². The second-order valence-electron chi connectivity index (χ2n) is 2.88. The highest BCUT2D eigenvalue weighted by atomic mass is 35.5. The number of rotatable bonds is 2. The van der Waals surface area contributed by atoms with Crippen molar-refractivity contribution in [1.29, 1.82) is 0 Å². The molecule has 3 heteroatoms. The van der Waals surface area contributed by atoms with E-state index < -0.39 is 0 Å². The van der Waals surface area contributed by atoms with E-state index in [-0.39, 0.29) is 5.38 Å². The summed E-state index contributed by atoms with van der Waals surface area (Å²) in [6, 6.07) is 0. The van der Waals surface area contributed by atoms with Gasteiger partial charge < -0.3 is 4.42 Å². The molecular weight excluding hydrogens is 162 g/mol. The Kier molecular flexibility index (Phi) is 2.55. The van der Waals surface area contributed by atoms with Crippen molar-refractivity contribution in [3.63, 3.8) is 0 Å². The first-order valence-electron chi connectivity index (χ1n) is 3.70. The Morgan fingerprint density at radius 1 is 1.45 bits per heavy atom. The summed E-state index contributed by atoms with van der Waals surface area (Å²) in [7, 11) is 0. The molecule has 0 saturated carbocycles. The van der Waals surface area contributed by atoms with Gasteiger partial charge in [0, 0.05) is 0 Å². The van der Waals surface area contributed by atoms with Gasteiger partial charge in [0.1, 0.15) is 11.6 Å². The van der Waals surface area contributed by atoms with Gasteiger partial charge in [0.2, 0.25) is 5.89 Å². The van der Waals surface area contributed by atoms with Gasteiger partial charge >= 0.3 is 0 Å². The number of oxazole rings is 1. The number of hydrogen-bond acceptors (Lipinski definition) is 2. The number of aromatic nitrogens is 1. The Balaban J connectivity index is 2.82. The first kappa shape index (κ1) is 8.60. The summed E-state index contributed by atoms with van der Waals surface area (Å²) in [6.07, 6.45) is 1.67. The van der Waals surface area contributed by atoms with Gasteiger partial charge in [-0.15, -0.1) is 11.6 Å². The fraction of sp³-hybridized carbons (Fsp3) is 0.625. The number of halogens is 1. The summed E-state index contributed by atoms with van der Waals surface area (Å²) in [6.45, 7) is 5.98. The van der Waals surface area contributed by atoms with E-state index in [1.165, 1.54) is 0 Å². The normalized spacial score (nSPS) is 13.9. The van der Waals surface area contributed by atoms with Crippen LogP contribution in [0.1, 0.15) is 43.7 Å². The maximum absolute atomic E-state index is 5.76. The van der Waals surface area contributed by atoms with Crippen LogP contribution in [0.3, 0.4) is 0 Å². The molecule has 0 aliphatic rings. The van der Waals surface area contributed by atoms with E-state index >= 15 is 0 Å². The number of nitrogens with zero attached hydrogens (tertiary/aromatic N) is 1. The predicted molar refractivity (Wildman–Crippen MR) is 44.9 cm³/mol. The Labute approximate surface area is 71.6 Å². The van der Waals surface area contributed by atoms with Gasteiger partial charge in [-0.25, -0.2) is 4.98 Å². The van der Waals surface area contributed by atoms with Crippen LogP contribution in [0.5, 0.6) is 0 Å². The van der Waals surface area contributed by atoms with Crippen molar-refractivity contribution in [1.82, 2.24) is 4.98 Å². The standard InChI is InChI=1S/C8H12ClNO/c1-5(2)7-4-11-8(10-7)6(3)9/h4-6H,1-3H3/t6-/m1/s1. The second kappa shape index (κ2) is 3.26. The van der Waals surface area contributed by atoms with Crippen molar-refractivity contribution in [2.45, 2.75) is 32.1 Å². The van der Waals surface area contributed by atoms with Crippen LogP contribution >= 0.6 is 11.6 Å². The average molecular weight is 174 g/mol. The van der Waals surface area contributed by atoms with Crippen LogP contribution in [0.4, 0.5) is 0 Å². The van der Waals surface area contributed by atoms with Crippen LogP contribution in [-0.4, -0.2) is 4.98 Å². The molecule has 1 aromatic rings. The third-order valence-electron chi connectivity index (χ3n) is 1.47. The van der Waals surface area contributed by atoms with Gasteiger partial charge in [0.25, 0.3) is 0 Å². The van der Waals surface area contributed by atoms with Crippen molar-refractivity contribution in [2.75, 3.05) is 0 Å². The van der Waals surface area contributed by atoms with Crippen LogP contribution in [0.25, 0.3) is 0 Å². The lowest BCUT2D eigenvalue weighted by Crippen LogP contribution is -1.89. The molecule has 1 atom stereocenters. The fourth-order valence-corrected chi connectivity index (χ4v) is 0.849.